The fraction of sp³-hybridized carbons (Fsp3) is 0.500. The summed E-state index contributed by atoms with van der Waals surface area (Å²) in [5, 5.41) is 0. The van der Waals surface area contributed by atoms with Crippen molar-refractivity contribution in [1.29, 1.82) is 0 Å². The maximum Gasteiger partial charge on any atom is 1.00 e. The van der Waals surface area contributed by atoms with Crippen molar-refractivity contribution in [3.05, 3.63) is 24.3 Å². The third-order valence-corrected chi connectivity index (χ3v) is 3.26. The summed E-state index contributed by atoms with van der Waals surface area (Å²) in [7, 11) is 0. The van der Waals surface area contributed by atoms with Crippen LogP contribution >= 0.6 is 0 Å². The van der Waals surface area contributed by atoms with Crippen LogP contribution in [0.25, 0.3) is 0 Å². The number of hydrogen-bond acceptors (Lipinski definition) is 3. The van der Waals surface area contributed by atoms with Gasteiger partial charge in [-0.1, -0.05) is 25.1 Å². The van der Waals surface area contributed by atoms with E-state index in [2.05, 4.69) is 28.9 Å². The van der Waals surface area contributed by atoms with Crippen LogP contribution in [0.3, 0.4) is 0 Å². The average molecular weight is 244 g/mol. The molecule has 0 spiro atoms. The van der Waals surface area contributed by atoms with E-state index in [-0.39, 0.29) is 29.6 Å². The molecule has 0 atom stereocenters. The Labute approximate surface area is 126 Å². The van der Waals surface area contributed by atoms with E-state index >= 15 is 0 Å². The molecule has 1 aromatic rings. The molecular formula is C12H17N2NaS. The van der Waals surface area contributed by atoms with Gasteiger partial charge in [0.05, 0.1) is 0 Å². The number of likely N-dealkylation sites (N-methyl/N-ethyl adjacent to an activating group) is 1. The Morgan fingerprint density at radius 1 is 1.19 bits per heavy atom. The molecule has 1 heterocycles. The molecule has 82 valence electrons. The zero-order valence-electron chi connectivity index (χ0n) is 10.1. The Kier molecular flexibility index (Phi) is 6.08. The van der Waals surface area contributed by atoms with Gasteiger partial charge in [-0.2, -0.15) is 4.90 Å². The second-order valence-electron chi connectivity index (χ2n) is 3.92. The van der Waals surface area contributed by atoms with Crippen molar-refractivity contribution in [2.24, 2.45) is 0 Å². The third-order valence-electron chi connectivity index (χ3n) is 3.00. The van der Waals surface area contributed by atoms with E-state index in [1.54, 1.807) is 0 Å². The van der Waals surface area contributed by atoms with Crippen molar-refractivity contribution < 1.29 is 29.6 Å². The molecular weight excluding hydrogens is 227 g/mol. The molecule has 1 aliphatic heterocycles. The van der Waals surface area contributed by atoms with Crippen molar-refractivity contribution in [2.75, 3.05) is 37.6 Å². The normalized spacial score (nSPS) is 16.9. The summed E-state index contributed by atoms with van der Waals surface area (Å²) in [6, 6.07) is 8.26. The number of benzene rings is 1. The first-order chi connectivity index (χ1) is 7.29. The molecule has 1 saturated heterocycles. The Bertz CT molecular complexity index is 325. The van der Waals surface area contributed by atoms with Crippen molar-refractivity contribution in [2.45, 2.75) is 11.8 Å². The topological polar surface area (TPSA) is 6.48 Å². The summed E-state index contributed by atoms with van der Waals surface area (Å²) in [4.78, 5) is 5.83. The van der Waals surface area contributed by atoms with Crippen molar-refractivity contribution in [3.8, 4) is 0 Å². The summed E-state index contributed by atoms with van der Waals surface area (Å²) >= 11 is 5.18. The van der Waals surface area contributed by atoms with Crippen LogP contribution in [-0.4, -0.2) is 37.6 Å². The SMILES string of the molecule is CCN1CCN(c2cccc([S-])c2)CC1.[Na+]. The molecule has 0 bridgehead atoms. The van der Waals surface area contributed by atoms with E-state index in [1.165, 1.54) is 5.69 Å². The van der Waals surface area contributed by atoms with Gasteiger partial charge in [-0.25, -0.2) is 0 Å². The van der Waals surface area contributed by atoms with Gasteiger partial charge in [0.25, 0.3) is 0 Å². The fourth-order valence-corrected chi connectivity index (χ4v) is 2.20. The molecule has 2 nitrogen and oxygen atoms in total. The van der Waals surface area contributed by atoms with Crippen LogP contribution in [0.5, 0.6) is 0 Å². The van der Waals surface area contributed by atoms with Crippen LogP contribution in [0, 0.1) is 0 Å². The molecule has 0 aromatic heterocycles. The smallest absolute Gasteiger partial charge is 0.780 e. The average Bonchev–Trinajstić information content (AvgIpc) is 2.29. The summed E-state index contributed by atoms with van der Waals surface area (Å²) in [5.74, 6) is 0. The Morgan fingerprint density at radius 3 is 2.44 bits per heavy atom. The van der Waals surface area contributed by atoms with Crippen LogP contribution < -0.4 is 34.5 Å². The van der Waals surface area contributed by atoms with Gasteiger partial charge in [0.1, 0.15) is 0 Å². The predicted molar refractivity (Wildman–Crippen MR) is 66.4 cm³/mol. The zero-order chi connectivity index (χ0) is 10.7. The van der Waals surface area contributed by atoms with Gasteiger partial charge in [0.2, 0.25) is 0 Å². The first-order valence-electron chi connectivity index (χ1n) is 5.54. The second-order valence-corrected chi connectivity index (χ2v) is 4.39. The minimum absolute atomic E-state index is 0. The molecule has 0 N–H and O–H groups in total. The van der Waals surface area contributed by atoms with Crippen LogP contribution in [0.15, 0.2) is 29.2 Å². The van der Waals surface area contributed by atoms with Gasteiger partial charge in [0.15, 0.2) is 0 Å². The first-order valence-corrected chi connectivity index (χ1v) is 5.95. The van der Waals surface area contributed by atoms with Crippen LogP contribution in [-0.2, 0) is 12.6 Å². The van der Waals surface area contributed by atoms with Crippen molar-refractivity contribution in [1.82, 2.24) is 4.90 Å². The molecule has 2 rings (SSSR count). The number of hydrogen-bond donors (Lipinski definition) is 0. The van der Waals surface area contributed by atoms with Gasteiger partial charge >= 0.3 is 29.6 Å². The molecule has 4 heteroatoms. The molecule has 0 amide bonds. The maximum atomic E-state index is 5.18. The zero-order valence-corrected chi connectivity index (χ0v) is 13.0. The molecule has 0 unspecified atom stereocenters. The molecule has 0 saturated carbocycles. The third kappa shape index (κ3) is 3.60. The number of nitrogens with zero attached hydrogens (tertiary/aromatic N) is 2. The van der Waals surface area contributed by atoms with Crippen LogP contribution in [0.1, 0.15) is 6.92 Å². The Balaban J connectivity index is 0.00000128. The van der Waals surface area contributed by atoms with Crippen molar-refractivity contribution in [3.63, 3.8) is 0 Å². The van der Waals surface area contributed by atoms with Crippen LogP contribution in [0.2, 0.25) is 0 Å². The number of anilines is 1. The van der Waals surface area contributed by atoms with E-state index in [0.29, 0.717) is 0 Å². The Hall–Kier alpha value is 0.200. The quantitative estimate of drug-likeness (QED) is 0.474. The summed E-state index contributed by atoms with van der Waals surface area (Å²) in [6.45, 7) is 7.95. The van der Waals surface area contributed by atoms with E-state index in [4.69, 9.17) is 12.6 Å². The molecule has 0 radical (unpaired) electrons. The maximum absolute atomic E-state index is 5.18. The predicted octanol–water partition coefficient (Wildman–Crippen LogP) is -1.26. The molecule has 16 heavy (non-hydrogen) atoms. The second kappa shape index (κ2) is 6.82. The van der Waals surface area contributed by atoms with Crippen molar-refractivity contribution >= 4 is 18.3 Å². The van der Waals surface area contributed by atoms with Gasteiger partial charge in [-0.05, 0) is 12.6 Å². The van der Waals surface area contributed by atoms with E-state index in [0.717, 1.165) is 37.6 Å². The molecule has 1 aromatic carbocycles. The van der Waals surface area contributed by atoms with E-state index < -0.39 is 0 Å². The standard InChI is InChI=1S/C12H18N2S.Na/c1-2-13-6-8-14(9-7-13)11-4-3-5-12(15)10-11;/h3-5,10,15H,2,6-9H2,1H3;/q;+1/p-1. The van der Waals surface area contributed by atoms with E-state index in [1.807, 2.05) is 12.1 Å². The summed E-state index contributed by atoms with van der Waals surface area (Å²) in [6.07, 6.45) is 0. The van der Waals surface area contributed by atoms with Gasteiger partial charge < -0.3 is 22.4 Å². The van der Waals surface area contributed by atoms with Crippen LogP contribution in [0.4, 0.5) is 5.69 Å². The monoisotopic (exact) mass is 244 g/mol. The van der Waals surface area contributed by atoms with Gasteiger partial charge in [0, 0.05) is 31.9 Å². The molecule has 1 fully saturated rings. The number of rotatable bonds is 2. The van der Waals surface area contributed by atoms with Gasteiger partial charge in [-0.3, -0.25) is 0 Å². The molecule has 0 aliphatic carbocycles. The van der Waals surface area contributed by atoms with Gasteiger partial charge in [-0.15, -0.1) is 0 Å². The fourth-order valence-electron chi connectivity index (χ4n) is 2.00. The summed E-state index contributed by atoms with van der Waals surface area (Å²) in [5.41, 5.74) is 1.28. The minimum Gasteiger partial charge on any atom is -0.780 e. The Morgan fingerprint density at radius 2 is 1.88 bits per heavy atom. The molecule has 1 aliphatic rings. The summed E-state index contributed by atoms with van der Waals surface area (Å²) < 4.78 is 0. The minimum atomic E-state index is 0. The number of piperazine rings is 1. The first kappa shape index (κ1) is 14.3. The largest absolute Gasteiger partial charge is 1.00 e. The van der Waals surface area contributed by atoms with E-state index in [9.17, 15) is 0 Å².